The van der Waals surface area contributed by atoms with Crippen LogP contribution in [0.2, 0.25) is 0 Å². The number of hydrogen-bond donors (Lipinski definition) is 2. The minimum Gasteiger partial charge on any atom is -0.380 e. The maximum absolute atomic E-state index is 4.38. The molecule has 5 nitrogen and oxygen atoms in total. The van der Waals surface area contributed by atoms with Crippen LogP contribution in [0.15, 0.2) is 47.2 Å². The van der Waals surface area contributed by atoms with Gasteiger partial charge in [-0.1, -0.05) is 12.1 Å². The molecule has 0 atom stereocenters. The van der Waals surface area contributed by atoms with E-state index in [1.54, 1.807) is 6.20 Å². The number of anilines is 1. The third kappa shape index (κ3) is 3.28. The fourth-order valence-corrected chi connectivity index (χ4v) is 2.46. The van der Waals surface area contributed by atoms with Crippen LogP contribution < -0.4 is 5.32 Å². The summed E-state index contributed by atoms with van der Waals surface area (Å²) in [6.45, 7) is 2.58. The van der Waals surface area contributed by atoms with E-state index in [1.807, 2.05) is 43.5 Å². The van der Waals surface area contributed by atoms with Crippen LogP contribution in [-0.4, -0.2) is 20.2 Å². The average Bonchev–Trinajstić information content (AvgIpc) is 2.92. The fraction of sp³-hybridized carbons (Fsp3) is 0.133. The summed E-state index contributed by atoms with van der Waals surface area (Å²) < 4.78 is 0.972. The minimum absolute atomic E-state index is 0.687. The van der Waals surface area contributed by atoms with Crippen LogP contribution in [-0.2, 0) is 6.54 Å². The number of hydrogen-bond acceptors (Lipinski definition) is 4. The van der Waals surface area contributed by atoms with Crippen LogP contribution in [0.4, 0.5) is 5.69 Å². The van der Waals surface area contributed by atoms with Crippen molar-refractivity contribution in [2.75, 3.05) is 5.32 Å². The third-order valence-electron chi connectivity index (χ3n) is 3.01. The van der Waals surface area contributed by atoms with E-state index >= 15 is 0 Å². The summed E-state index contributed by atoms with van der Waals surface area (Å²) in [7, 11) is 0. The molecule has 3 aromatic rings. The van der Waals surface area contributed by atoms with E-state index in [4.69, 9.17) is 0 Å². The number of benzene rings is 1. The van der Waals surface area contributed by atoms with Gasteiger partial charge in [-0.25, -0.2) is 4.98 Å². The molecule has 0 aliphatic rings. The molecule has 2 N–H and O–H groups in total. The van der Waals surface area contributed by atoms with Gasteiger partial charge in [-0.3, -0.25) is 10.1 Å². The summed E-state index contributed by atoms with van der Waals surface area (Å²) in [5, 5.41) is 10.5. The molecule has 0 unspecified atom stereocenters. The number of rotatable bonds is 4. The van der Waals surface area contributed by atoms with Crippen molar-refractivity contribution in [3.05, 3.63) is 58.6 Å². The Labute approximate surface area is 131 Å². The highest BCUT2D eigenvalue weighted by molar-refractivity contribution is 9.10. The molecule has 1 aromatic carbocycles. The Balaban J connectivity index is 1.83. The third-order valence-corrected chi connectivity index (χ3v) is 3.44. The second-order valence-corrected chi connectivity index (χ2v) is 5.57. The Morgan fingerprint density at radius 3 is 2.86 bits per heavy atom. The lowest BCUT2D eigenvalue weighted by molar-refractivity contribution is 1.04. The number of pyridine rings is 1. The van der Waals surface area contributed by atoms with E-state index in [1.165, 1.54) is 0 Å². The van der Waals surface area contributed by atoms with Crippen molar-refractivity contribution in [1.82, 2.24) is 20.2 Å². The van der Waals surface area contributed by atoms with Gasteiger partial charge >= 0.3 is 0 Å². The number of nitrogens with one attached hydrogen (secondary N) is 2. The zero-order valence-electron chi connectivity index (χ0n) is 11.5. The molecule has 0 bridgehead atoms. The van der Waals surface area contributed by atoms with Gasteiger partial charge in [0.1, 0.15) is 5.82 Å². The first-order chi connectivity index (χ1) is 10.2. The Bertz CT molecular complexity index is 753. The van der Waals surface area contributed by atoms with Crippen LogP contribution in [0.3, 0.4) is 0 Å². The van der Waals surface area contributed by atoms with Gasteiger partial charge in [-0.2, -0.15) is 5.10 Å². The van der Waals surface area contributed by atoms with Crippen LogP contribution in [0.5, 0.6) is 0 Å². The molecule has 3 rings (SSSR count). The molecular weight excluding hydrogens is 330 g/mol. The van der Waals surface area contributed by atoms with E-state index in [0.29, 0.717) is 12.4 Å². The van der Waals surface area contributed by atoms with E-state index in [0.717, 1.165) is 27.1 Å². The molecule has 21 heavy (non-hydrogen) atoms. The Morgan fingerprint density at radius 1 is 1.24 bits per heavy atom. The molecule has 0 amide bonds. The van der Waals surface area contributed by atoms with Crippen molar-refractivity contribution >= 4 is 21.6 Å². The fourth-order valence-electron chi connectivity index (χ4n) is 2.05. The predicted octanol–water partition coefficient (Wildman–Crippen LogP) is 3.55. The molecule has 2 aromatic heterocycles. The quantitative estimate of drug-likeness (QED) is 0.760. The molecular formula is C15H14BrN5. The number of aromatic amines is 1. The number of aromatic nitrogens is 4. The largest absolute Gasteiger partial charge is 0.380 e. The van der Waals surface area contributed by atoms with Crippen molar-refractivity contribution in [1.29, 1.82) is 0 Å². The van der Waals surface area contributed by atoms with Crippen molar-refractivity contribution in [2.45, 2.75) is 13.5 Å². The Morgan fingerprint density at radius 2 is 2.10 bits per heavy atom. The van der Waals surface area contributed by atoms with Crippen LogP contribution >= 0.6 is 15.9 Å². The zero-order chi connectivity index (χ0) is 14.7. The SMILES string of the molecule is Cc1nc(-c2ccccc2NCc2cncc(Br)c2)n[nH]1. The molecule has 0 aliphatic carbocycles. The molecule has 6 heteroatoms. The standard InChI is InChI=1S/C15H14BrN5/c1-10-19-15(21-20-10)13-4-2-3-5-14(13)18-8-11-6-12(16)9-17-7-11/h2-7,9,18H,8H2,1H3,(H,19,20,21). The normalized spacial score (nSPS) is 10.6. The second-order valence-electron chi connectivity index (χ2n) is 4.65. The number of H-pyrrole nitrogens is 1. The molecule has 0 aliphatic heterocycles. The molecule has 0 radical (unpaired) electrons. The minimum atomic E-state index is 0.687. The van der Waals surface area contributed by atoms with Crippen LogP contribution in [0.1, 0.15) is 11.4 Å². The van der Waals surface area contributed by atoms with Gasteiger partial charge in [0.15, 0.2) is 5.82 Å². The highest BCUT2D eigenvalue weighted by Crippen LogP contribution is 2.25. The summed E-state index contributed by atoms with van der Waals surface area (Å²) in [4.78, 5) is 8.55. The molecule has 2 heterocycles. The van der Waals surface area contributed by atoms with Gasteiger partial charge in [0.25, 0.3) is 0 Å². The zero-order valence-corrected chi connectivity index (χ0v) is 13.1. The topological polar surface area (TPSA) is 66.5 Å². The van der Waals surface area contributed by atoms with Gasteiger partial charge in [0, 0.05) is 34.7 Å². The lowest BCUT2D eigenvalue weighted by Crippen LogP contribution is -2.01. The summed E-state index contributed by atoms with van der Waals surface area (Å²) in [6.07, 6.45) is 3.62. The Kier molecular flexibility index (Phi) is 3.96. The van der Waals surface area contributed by atoms with E-state index in [-0.39, 0.29) is 0 Å². The van der Waals surface area contributed by atoms with Gasteiger partial charge in [-0.05, 0) is 46.6 Å². The van der Waals surface area contributed by atoms with Crippen molar-refractivity contribution in [2.24, 2.45) is 0 Å². The van der Waals surface area contributed by atoms with E-state index in [2.05, 4.69) is 41.4 Å². The first-order valence-corrected chi connectivity index (χ1v) is 7.33. The molecule has 0 fully saturated rings. The lowest BCUT2D eigenvalue weighted by Gasteiger charge is -2.10. The van der Waals surface area contributed by atoms with Crippen molar-refractivity contribution in [3.63, 3.8) is 0 Å². The first-order valence-electron chi connectivity index (χ1n) is 6.54. The number of para-hydroxylation sites is 1. The number of halogens is 1. The molecule has 0 saturated carbocycles. The first kappa shape index (κ1) is 13.8. The summed E-state index contributed by atoms with van der Waals surface area (Å²) in [5.41, 5.74) is 3.08. The predicted molar refractivity (Wildman–Crippen MR) is 85.8 cm³/mol. The summed E-state index contributed by atoms with van der Waals surface area (Å²) >= 11 is 3.43. The maximum atomic E-state index is 4.38. The summed E-state index contributed by atoms with van der Waals surface area (Å²) in [6, 6.07) is 10.0. The average molecular weight is 344 g/mol. The second kappa shape index (κ2) is 6.05. The Hall–Kier alpha value is -2.21. The lowest BCUT2D eigenvalue weighted by atomic mass is 10.1. The monoisotopic (exact) mass is 343 g/mol. The highest BCUT2D eigenvalue weighted by atomic mass is 79.9. The molecule has 0 saturated heterocycles. The van der Waals surface area contributed by atoms with Gasteiger partial charge in [-0.15, -0.1) is 0 Å². The van der Waals surface area contributed by atoms with E-state index in [9.17, 15) is 0 Å². The van der Waals surface area contributed by atoms with Gasteiger partial charge < -0.3 is 5.32 Å². The summed E-state index contributed by atoms with van der Waals surface area (Å²) in [5.74, 6) is 1.50. The van der Waals surface area contributed by atoms with Gasteiger partial charge in [0.05, 0.1) is 0 Å². The van der Waals surface area contributed by atoms with Crippen molar-refractivity contribution < 1.29 is 0 Å². The highest BCUT2D eigenvalue weighted by Gasteiger charge is 2.08. The van der Waals surface area contributed by atoms with Crippen LogP contribution in [0.25, 0.3) is 11.4 Å². The smallest absolute Gasteiger partial charge is 0.183 e. The number of aryl methyl sites for hydroxylation is 1. The maximum Gasteiger partial charge on any atom is 0.183 e. The molecule has 0 spiro atoms. The van der Waals surface area contributed by atoms with E-state index < -0.39 is 0 Å². The van der Waals surface area contributed by atoms with Gasteiger partial charge in [0.2, 0.25) is 0 Å². The van der Waals surface area contributed by atoms with Crippen LogP contribution in [0, 0.1) is 6.92 Å². The molecule has 106 valence electrons. The number of nitrogens with zero attached hydrogens (tertiary/aromatic N) is 3. The van der Waals surface area contributed by atoms with Crippen molar-refractivity contribution in [3.8, 4) is 11.4 Å².